The summed E-state index contributed by atoms with van der Waals surface area (Å²) in [5.41, 5.74) is 4.84. The summed E-state index contributed by atoms with van der Waals surface area (Å²) in [6, 6.07) is 2.43. The van der Waals surface area contributed by atoms with Gasteiger partial charge in [0.05, 0.1) is 16.9 Å². The van der Waals surface area contributed by atoms with Crippen LogP contribution < -0.4 is 11.1 Å². The molecule has 1 aromatic heterocycles. The van der Waals surface area contributed by atoms with Gasteiger partial charge in [0.15, 0.2) is 0 Å². The van der Waals surface area contributed by atoms with E-state index in [2.05, 4.69) is 10.8 Å². The summed E-state index contributed by atoms with van der Waals surface area (Å²) in [6.45, 7) is 1.39. The molecule has 0 aliphatic rings. The van der Waals surface area contributed by atoms with E-state index in [1.54, 1.807) is 0 Å². The van der Waals surface area contributed by atoms with Gasteiger partial charge in [0.2, 0.25) is 11.9 Å². The minimum absolute atomic E-state index is 0.0992. The summed E-state index contributed by atoms with van der Waals surface area (Å²) in [5, 5.41) is 5.47. The molecule has 0 saturated carbocycles. The fourth-order valence-electron chi connectivity index (χ4n) is 1.96. The number of nitrogens with one attached hydrogen (secondary N) is 1. The number of amides is 2. The van der Waals surface area contributed by atoms with E-state index in [1.165, 1.54) is 30.4 Å². The zero-order valence-electron chi connectivity index (χ0n) is 12.3. The van der Waals surface area contributed by atoms with Gasteiger partial charge >= 0.3 is 6.18 Å². The van der Waals surface area contributed by atoms with Gasteiger partial charge in [-0.1, -0.05) is 6.07 Å². The van der Waals surface area contributed by atoms with Crippen molar-refractivity contribution in [2.75, 3.05) is 0 Å². The molecule has 1 aromatic carbocycles. The summed E-state index contributed by atoms with van der Waals surface area (Å²) in [6.07, 6.45) is -3.89. The first-order valence-corrected chi connectivity index (χ1v) is 6.58. The number of aryl methyl sites for hydroxylation is 1. The van der Waals surface area contributed by atoms with Crippen molar-refractivity contribution in [1.29, 1.82) is 0 Å². The summed E-state index contributed by atoms with van der Waals surface area (Å²) in [4.78, 5) is 22.9. The highest BCUT2D eigenvalue weighted by atomic mass is 19.4. The number of aromatic nitrogens is 2. The zero-order chi connectivity index (χ0) is 18.1. The molecular formula is C14H12F4N4O2. The fraction of sp³-hybridized carbons (Fsp3) is 0.214. The standard InChI is InChI=1S/C14H12F4N4O2/c1-7-10(13(24)20-11(12(19)23)14(16,17)18)6-22(21-7)9-4-2-3-8(15)5-9/h2-6,11H,1H3,(H2,19,23)(H,20,24). The second kappa shape index (κ2) is 6.30. The minimum Gasteiger partial charge on any atom is -0.368 e. The van der Waals surface area contributed by atoms with Gasteiger partial charge in [-0.2, -0.15) is 18.3 Å². The van der Waals surface area contributed by atoms with Gasteiger partial charge in [-0.3, -0.25) is 9.59 Å². The number of carbonyl (C=O) groups excluding carboxylic acids is 2. The molecule has 0 fully saturated rings. The Labute approximate surface area is 133 Å². The predicted molar refractivity (Wildman–Crippen MR) is 74.8 cm³/mol. The first-order valence-electron chi connectivity index (χ1n) is 6.58. The van der Waals surface area contributed by atoms with Crippen molar-refractivity contribution in [3.8, 4) is 5.69 Å². The largest absolute Gasteiger partial charge is 0.417 e. The molecule has 1 unspecified atom stereocenters. The monoisotopic (exact) mass is 344 g/mol. The van der Waals surface area contributed by atoms with Gasteiger partial charge in [-0.15, -0.1) is 0 Å². The summed E-state index contributed by atoms with van der Waals surface area (Å²) in [5.74, 6) is -3.44. The van der Waals surface area contributed by atoms with Crippen molar-refractivity contribution in [2.45, 2.75) is 19.1 Å². The van der Waals surface area contributed by atoms with Crippen LogP contribution in [0.2, 0.25) is 0 Å². The van der Waals surface area contributed by atoms with E-state index < -0.39 is 29.8 Å². The Morgan fingerprint density at radius 2 is 2.00 bits per heavy atom. The Morgan fingerprint density at radius 1 is 1.33 bits per heavy atom. The fourth-order valence-corrected chi connectivity index (χ4v) is 1.96. The quantitative estimate of drug-likeness (QED) is 0.823. The lowest BCUT2D eigenvalue weighted by atomic mass is 10.2. The third kappa shape index (κ3) is 3.70. The van der Waals surface area contributed by atoms with E-state index in [4.69, 9.17) is 0 Å². The highest BCUT2D eigenvalue weighted by Crippen LogP contribution is 2.21. The number of alkyl halides is 3. The predicted octanol–water partition coefficient (Wildman–Crippen LogP) is 1.47. The molecule has 2 amide bonds. The number of benzene rings is 1. The third-order valence-electron chi connectivity index (χ3n) is 3.10. The number of rotatable bonds is 4. The molecule has 10 heteroatoms. The van der Waals surface area contributed by atoms with E-state index in [0.717, 1.165) is 16.9 Å². The normalized spacial score (nSPS) is 12.7. The number of hydrogen-bond donors (Lipinski definition) is 2. The molecule has 0 saturated heterocycles. The van der Waals surface area contributed by atoms with E-state index in [0.29, 0.717) is 0 Å². The van der Waals surface area contributed by atoms with Crippen molar-refractivity contribution in [1.82, 2.24) is 15.1 Å². The first-order chi connectivity index (χ1) is 11.1. The van der Waals surface area contributed by atoms with Crippen LogP contribution in [0.25, 0.3) is 5.69 Å². The lowest BCUT2D eigenvalue weighted by Crippen LogP contribution is -2.53. The summed E-state index contributed by atoms with van der Waals surface area (Å²) >= 11 is 0. The van der Waals surface area contributed by atoms with Crippen LogP contribution in [0.5, 0.6) is 0 Å². The Hall–Kier alpha value is -2.91. The van der Waals surface area contributed by atoms with E-state index in [1.807, 2.05) is 0 Å². The van der Waals surface area contributed by atoms with Crippen LogP contribution in [0.4, 0.5) is 17.6 Å². The molecule has 0 bridgehead atoms. The van der Waals surface area contributed by atoms with Gasteiger partial charge < -0.3 is 11.1 Å². The lowest BCUT2D eigenvalue weighted by molar-refractivity contribution is -0.164. The molecular weight excluding hydrogens is 332 g/mol. The van der Waals surface area contributed by atoms with E-state index >= 15 is 0 Å². The van der Waals surface area contributed by atoms with Crippen molar-refractivity contribution in [2.24, 2.45) is 5.73 Å². The van der Waals surface area contributed by atoms with Crippen LogP contribution in [0.3, 0.4) is 0 Å². The number of primary amides is 1. The Morgan fingerprint density at radius 3 is 2.54 bits per heavy atom. The van der Waals surface area contributed by atoms with Gasteiger partial charge in [-0.05, 0) is 25.1 Å². The zero-order valence-corrected chi connectivity index (χ0v) is 12.3. The number of nitrogens with two attached hydrogens (primary N) is 1. The van der Waals surface area contributed by atoms with Crippen molar-refractivity contribution in [3.05, 3.63) is 47.5 Å². The maximum Gasteiger partial charge on any atom is 0.417 e. The average Bonchev–Trinajstić information content (AvgIpc) is 2.85. The maximum atomic E-state index is 13.2. The summed E-state index contributed by atoms with van der Waals surface area (Å²) in [7, 11) is 0. The maximum absolute atomic E-state index is 13.2. The van der Waals surface area contributed by atoms with Gasteiger partial charge in [0.25, 0.3) is 5.91 Å². The van der Waals surface area contributed by atoms with Gasteiger partial charge in [0.1, 0.15) is 5.82 Å². The Balaban J connectivity index is 2.29. The molecule has 0 aliphatic carbocycles. The van der Waals surface area contributed by atoms with E-state index in [9.17, 15) is 27.2 Å². The highest BCUT2D eigenvalue weighted by Gasteiger charge is 2.45. The van der Waals surface area contributed by atoms with Crippen LogP contribution in [0.1, 0.15) is 16.1 Å². The minimum atomic E-state index is -5.02. The van der Waals surface area contributed by atoms with Crippen LogP contribution in [-0.4, -0.2) is 33.8 Å². The third-order valence-corrected chi connectivity index (χ3v) is 3.10. The number of nitrogens with zero attached hydrogens (tertiary/aromatic N) is 2. The Bertz CT molecular complexity index is 785. The molecule has 24 heavy (non-hydrogen) atoms. The van der Waals surface area contributed by atoms with Crippen molar-refractivity contribution < 1.29 is 27.2 Å². The first kappa shape index (κ1) is 17.4. The van der Waals surface area contributed by atoms with Crippen molar-refractivity contribution in [3.63, 3.8) is 0 Å². The van der Waals surface area contributed by atoms with Crippen molar-refractivity contribution >= 4 is 11.8 Å². The SMILES string of the molecule is Cc1nn(-c2cccc(F)c2)cc1C(=O)NC(C(N)=O)C(F)(F)F. The second-order valence-electron chi connectivity index (χ2n) is 4.90. The number of carbonyl (C=O) groups is 2. The van der Waals surface area contributed by atoms with E-state index in [-0.39, 0.29) is 16.9 Å². The van der Waals surface area contributed by atoms with Gasteiger partial charge in [-0.25, -0.2) is 9.07 Å². The Kier molecular flexibility index (Phi) is 4.58. The molecule has 1 heterocycles. The molecule has 3 N–H and O–H groups in total. The second-order valence-corrected chi connectivity index (χ2v) is 4.90. The van der Waals surface area contributed by atoms with Crippen LogP contribution in [-0.2, 0) is 4.79 Å². The molecule has 0 spiro atoms. The molecule has 1 atom stereocenters. The van der Waals surface area contributed by atoms with Crippen LogP contribution in [0, 0.1) is 12.7 Å². The van der Waals surface area contributed by atoms with Crippen LogP contribution in [0.15, 0.2) is 30.5 Å². The van der Waals surface area contributed by atoms with Gasteiger partial charge in [0, 0.05) is 6.20 Å². The smallest absolute Gasteiger partial charge is 0.368 e. The number of halogens is 4. The molecule has 2 rings (SSSR count). The average molecular weight is 344 g/mol. The molecule has 128 valence electrons. The summed E-state index contributed by atoms with van der Waals surface area (Å²) < 4.78 is 52.4. The molecule has 6 nitrogen and oxygen atoms in total. The molecule has 0 radical (unpaired) electrons. The lowest BCUT2D eigenvalue weighted by Gasteiger charge is -2.18. The highest BCUT2D eigenvalue weighted by molar-refractivity contribution is 5.98. The van der Waals surface area contributed by atoms with Crippen LogP contribution >= 0.6 is 0 Å². The topological polar surface area (TPSA) is 90.0 Å². The molecule has 2 aromatic rings. The molecule has 0 aliphatic heterocycles. The number of hydrogen-bond acceptors (Lipinski definition) is 3.